The maximum absolute atomic E-state index is 11.8. The first-order valence-corrected chi connectivity index (χ1v) is 8.51. The third-order valence-corrected chi connectivity index (χ3v) is 4.69. The molecule has 0 bridgehead atoms. The molecule has 0 amide bonds. The van der Waals surface area contributed by atoms with Crippen molar-refractivity contribution in [2.45, 2.75) is 19.9 Å². The van der Waals surface area contributed by atoms with E-state index in [9.17, 15) is 18.7 Å². The monoisotopic (exact) mass is 347 g/mol. The Morgan fingerprint density at radius 3 is 2.42 bits per heavy atom. The fourth-order valence-electron chi connectivity index (χ4n) is 2.86. The Hall–Kier alpha value is -2.38. The van der Waals surface area contributed by atoms with Crippen LogP contribution in [0.3, 0.4) is 0 Å². The van der Waals surface area contributed by atoms with E-state index in [1.807, 2.05) is 24.3 Å². The predicted molar refractivity (Wildman–Crippen MR) is 93.2 cm³/mol. The normalized spacial score (nSPS) is 14.2. The Labute approximate surface area is 141 Å². The molecule has 0 aliphatic heterocycles. The molecule has 0 fully saturated rings. The zero-order valence-electron chi connectivity index (χ0n) is 13.2. The Balaban J connectivity index is 2.19. The summed E-state index contributed by atoms with van der Waals surface area (Å²) in [6, 6.07) is 11.3. The van der Waals surface area contributed by atoms with Gasteiger partial charge in [0.2, 0.25) is 0 Å². The number of carboxylic acid groups (broad SMARTS) is 1. The standard InChI is InChI=1S/C17H17NO5S/c1-10(2)16(17(19)20)18(24(21)22)11-7-8-15-13(9-11)12-5-3-4-6-14(12)23-15/h3-10,16H,1-2H3,(H,19,20)(H,21,22). The molecule has 6 nitrogen and oxygen atoms in total. The van der Waals surface area contributed by atoms with Gasteiger partial charge in [0.1, 0.15) is 17.2 Å². The highest BCUT2D eigenvalue weighted by atomic mass is 32.2. The van der Waals surface area contributed by atoms with E-state index in [2.05, 4.69) is 0 Å². The third-order valence-electron chi connectivity index (χ3n) is 3.92. The SMILES string of the molecule is CC(C)C(C(=O)O)N(c1ccc2oc3ccccc3c2c1)S(=O)O. The van der Waals surface area contributed by atoms with E-state index >= 15 is 0 Å². The molecule has 2 N–H and O–H groups in total. The first kappa shape index (κ1) is 16.5. The van der Waals surface area contributed by atoms with Crippen LogP contribution in [0.1, 0.15) is 13.8 Å². The Morgan fingerprint density at radius 1 is 1.12 bits per heavy atom. The van der Waals surface area contributed by atoms with E-state index in [1.165, 1.54) is 0 Å². The summed E-state index contributed by atoms with van der Waals surface area (Å²) in [5, 5.41) is 11.1. The molecule has 126 valence electrons. The van der Waals surface area contributed by atoms with Crippen LogP contribution >= 0.6 is 0 Å². The fraction of sp³-hybridized carbons (Fsp3) is 0.235. The first-order chi connectivity index (χ1) is 11.4. The number of para-hydroxylation sites is 1. The van der Waals surface area contributed by atoms with Crippen LogP contribution < -0.4 is 4.31 Å². The molecule has 7 heteroatoms. The number of fused-ring (bicyclic) bond motifs is 3. The lowest BCUT2D eigenvalue weighted by atomic mass is 10.0. The summed E-state index contributed by atoms with van der Waals surface area (Å²) >= 11 is -2.47. The van der Waals surface area contributed by atoms with Crippen molar-refractivity contribution < 1.29 is 23.1 Å². The summed E-state index contributed by atoms with van der Waals surface area (Å²) in [6.07, 6.45) is 0. The molecule has 24 heavy (non-hydrogen) atoms. The molecule has 2 unspecified atom stereocenters. The molecule has 0 radical (unpaired) electrons. The average Bonchev–Trinajstić information content (AvgIpc) is 2.89. The number of anilines is 1. The number of carbonyl (C=O) groups is 1. The van der Waals surface area contributed by atoms with Crippen LogP contribution in [0.25, 0.3) is 21.9 Å². The van der Waals surface area contributed by atoms with Gasteiger partial charge >= 0.3 is 5.97 Å². The highest BCUT2D eigenvalue weighted by molar-refractivity contribution is 7.80. The van der Waals surface area contributed by atoms with Crippen LogP contribution in [-0.4, -0.2) is 25.9 Å². The van der Waals surface area contributed by atoms with Gasteiger partial charge in [-0.05, 0) is 30.2 Å². The van der Waals surface area contributed by atoms with E-state index in [0.717, 1.165) is 15.1 Å². The number of rotatable bonds is 5. The molecule has 0 spiro atoms. The molecule has 2 aromatic carbocycles. The van der Waals surface area contributed by atoms with E-state index in [4.69, 9.17) is 4.42 Å². The van der Waals surface area contributed by atoms with Gasteiger partial charge in [0.05, 0.1) is 5.69 Å². The molecule has 2 atom stereocenters. The number of hydrogen-bond donors (Lipinski definition) is 2. The number of benzene rings is 2. The minimum Gasteiger partial charge on any atom is -0.480 e. The van der Waals surface area contributed by atoms with Gasteiger partial charge in [-0.25, -0.2) is 9.00 Å². The van der Waals surface area contributed by atoms with Crippen molar-refractivity contribution >= 4 is 44.9 Å². The molecule has 1 heterocycles. The van der Waals surface area contributed by atoms with E-state index < -0.39 is 23.3 Å². The molecule has 0 saturated carbocycles. The van der Waals surface area contributed by atoms with Gasteiger partial charge in [0, 0.05) is 10.8 Å². The molecule has 3 aromatic rings. The molecule has 1 aromatic heterocycles. The zero-order valence-corrected chi connectivity index (χ0v) is 14.0. The van der Waals surface area contributed by atoms with Crippen LogP contribution in [0, 0.1) is 5.92 Å². The molecular formula is C17H17NO5S. The average molecular weight is 347 g/mol. The van der Waals surface area contributed by atoms with Gasteiger partial charge in [0.25, 0.3) is 11.3 Å². The van der Waals surface area contributed by atoms with Crippen molar-refractivity contribution in [2.75, 3.05) is 4.31 Å². The van der Waals surface area contributed by atoms with Gasteiger partial charge in [-0.3, -0.25) is 8.86 Å². The van der Waals surface area contributed by atoms with Gasteiger partial charge in [-0.2, -0.15) is 0 Å². The van der Waals surface area contributed by atoms with Gasteiger partial charge in [0.15, 0.2) is 0 Å². The number of furan rings is 1. The molecule has 0 aliphatic carbocycles. The van der Waals surface area contributed by atoms with Crippen LogP contribution in [0.4, 0.5) is 5.69 Å². The lowest BCUT2D eigenvalue weighted by Gasteiger charge is -2.29. The summed E-state index contributed by atoms with van der Waals surface area (Å²) in [6.45, 7) is 3.40. The summed E-state index contributed by atoms with van der Waals surface area (Å²) in [4.78, 5) is 11.6. The largest absolute Gasteiger partial charge is 0.480 e. The van der Waals surface area contributed by atoms with Crippen molar-refractivity contribution in [3.05, 3.63) is 42.5 Å². The molecule has 3 rings (SSSR count). The summed E-state index contributed by atoms with van der Waals surface area (Å²) < 4.78 is 28.3. The predicted octanol–water partition coefficient (Wildman–Crippen LogP) is 3.64. The second-order valence-electron chi connectivity index (χ2n) is 5.86. The van der Waals surface area contributed by atoms with Crippen molar-refractivity contribution in [1.82, 2.24) is 0 Å². The number of aliphatic carboxylic acids is 1. The van der Waals surface area contributed by atoms with Crippen molar-refractivity contribution in [3.8, 4) is 0 Å². The topological polar surface area (TPSA) is 91.0 Å². The van der Waals surface area contributed by atoms with Crippen LogP contribution in [0.2, 0.25) is 0 Å². The summed E-state index contributed by atoms with van der Waals surface area (Å²) in [7, 11) is 0. The lowest BCUT2D eigenvalue weighted by Crippen LogP contribution is -2.45. The number of nitrogens with zero attached hydrogens (tertiary/aromatic N) is 1. The summed E-state index contributed by atoms with van der Waals surface area (Å²) in [5.41, 5.74) is 1.70. The van der Waals surface area contributed by atoms with Crippen molar-refractivity contribution in [1.29, 1.82) is 0 Å². The van der Waals surface area contributed by atoms with E-state index in [1.54, 1.807) is 32.0 Å². The minimum absolute atomic E-state index is 0.351. The lowest BCUT2D eigenvalue weighted by molar-refractivity contribution is -0.139. The fourth-order valence-corrected chi connectivity index (χ4v) is 3.68. The van der Waals surface area contributed by atoms with Gasteiger partial charge in [-0.1, -0.05) is 32.0 Å². The quantitative estimate of drug-likeness (QED) is 0.688. The van der Waals surface area contributed by atoms with Gasteiger partial charge < -0.3 is 9.52 Å². The summed E-state index contributed by atoms with van der Waals surface area (Å²) in [5.74, 6) is -1.50. The minimum atomic E-state index is -2.47. The molecular weight excluding hydrogens is 330 g/mol. The second kappa shape index (κ2) is 6.26. The second-order valence-corrected chi connectivity index (χ2v) is 6.72. The van der Waals surface area contributed by atoms with E-state index in [-0.39, 0.29) is 5.92 Å². The maximum Gasteiger partial charge on any atom is 0.327 e. The Bertz CT molecular complexity index is 933. The Morgan fingerprint density at radius 2 is 1.79 bits per heavy atom. The van der Waals surface area contributed by atoms with Crippen LogP contribution in [0.15, 0.2) is 46.9 Å². The number of hydrogen-bond acceptors (Lipinski definition) is 3. The zero-order chi connectivity index (χ0) is 17.4. The van der Waals surface area contributed by atoms with Crippen molar-refractivity contribution in [2.24, 2.45) is 5.92 Å². The van der Waals surface area contributed by atoms with E-state index in [0.29, 0.717) is 16.9 Å². The first-order valence-electron chi connectivity index (χ1n) is 7.44. The number of carboxylic acids is 1. The van der Waals surface area contributed by atoms with Crippen LogP contribution in [-0.2, 0) is 16.1 Å². The highest BCUT2D eigenvalue weighted by Gasteiger charge is 2.33. The molecule has 0 aliphatic rings. The molecule has 0 saturated heterocycles. The van der Waals surface area contributed by atoms with Crippen LogP contribution in [0.5, 0.6) is 0 Å². The highest BCUT2D eigenvalue weighted by Crippen LogP contribution is 2.33. The third kappa shape index (κ3) is 2.76. The Kier molecular flexibility index (Phi) is 4.29. The van der Waals surface area contributed by atoms with Gasteiger partial charge in [-0.15, -0.1) is 0 Å². The van der Waals surface area contributed by atoms with Crippen molar-refractivity contribution in [3.63, 3.8) is 0 Å². The smallest absolute Gasteiger partial charge is 0.327 e. The maximum atomic E-state index is 11.8.